The molecule has 0 aliphatic carbocycles. The molecule has 0 aliphatic heterocycles. The summed E-state index contributed by atoms with van der Waals surface area (Å²) < 4.78 is 12.8. The highest BCUT2D eigenvalue weighted by molar-refractivity contribution is 6.32. The molecule has 0 unspecified atom stereocenters. The average Bonchev–Trinajstić information content (AvgIpc) is 2.15. The molecule has 3 nitrogen and oxygen atoms in total. The topological polar surface area (TPSA) is 70.0 Å². The maximum atomic E-state index is 12.8. The maximum Gasteiger partial charge on any atom is 0.145 e. The molecule has 0 bridgehead atoms. The van der Waals surface area contributed by atoms with Crippen LogP contribution in [0.2, 0.25) is 5.02 Å². The number of hydrogen-bond donors (Lipinski definition) is 2. The second-order valence-corrected chi connectivity index (χ2v) is 3.15. The van der Waals surface area contributed by atoms with Crippen LogP contribution in [0.25, 0.3) is 0 Å². The van der Waals surface area contributed by atoms with E-state index in [1.165, 1.54) is 6.07 Å². The van der Waals surface area contributed by atoms with E-state index in [0.29, 0.717) is 0 Å². The monoisotopic (exact) mass is 214 g/mol. The van der Waals surface area contributed by atoms with Crippen molar-refractivity contribution in [1.82, 2.24) is 0 Å². The summed E-state index contributed by atoms with van der Waals surface area (Å²) in [5, 5.41) is 17.4. The van der Waals surface area contributed by atoms with E-state index in [4.69, 9.17) is 22.6 Å². The van der Waals surface area contributed by atoms with Gasteiger partial charge in [-0.1, -0.05) is 17.7 Å². The minimum Gasteiger partial charge on any atom is -0.506 e. The standard InChI is InChI=1S/C9H8ClFN2O/c10-8-6(11)2-1-5(9(8)14)7(13)3-4-12/h1-2,7,14H,3,13H2/t7-/m0/s1. The molecule has 0 saturated carbocycles. The highest BCUT2D eigenvalue weighted by atomic mass is 35.5. The van der Waals surface area contributed by atoms with Gasteiger partial charge >= 0.3 is 0 Å². The lowest BCUT2D eigenvalue weighted by Gasteiger charge is -2.11. The zero-order valence-electron chi connectivity index (χ0n) is 7.17. The van der Waals surface area contributed by atoms with Gasteiger partial charge in [0.15, 0.2) is 0 Å². The van der Waals surface area contributed by atoms with Gasteiger partial charge in [-0.15, -0.1) is 0 Å². The predicted octanol–water partition coefficient (Wildman–Crippen LogP) is 2.10. The van der Waals surface area contributed by atoms with E-state index in [1.54, 1.807) is 0 Å². The van der Waals surface area contributed by atoms with Gasteiger partial charge < -0.3 is 10.8 Å². The summed E-state index contributed by atoms with van der Waals surface area (Å²) in [5.41, 5.74) is 5.84. The molecular weight excluding hydrogens is 207 g/mol. The number of phenols is 1. The number of aromatic hydroxyl groups is 1. The molecule has 14 heavy (non-hydrogen) atoms. The van der Waals surface area contributed by atoms with E-state index in [1.807, 2.05) is 6.07 Å². The number of phenolic OH excluding ortho intramolecular Hbond substituents is 1. The molecule has 0 amide bonds. The highest BCUT2D eigenvalue weighted by Crippen LogP contribution is 2.33. The average molecular weight is 215 g/mol. The fourth-order valence-corrected chi connectivity index (χ4v) is 1.23. The van der Waals surface area contributed by atoms with Crippen molar-refractivity contribution in [3.63, 3.8) is 0 Å². The van der Waals surface area contributed by atoms with Crippen molar-refractivity contribution in [3.05, 3.63) is 28.5 Å². The van der Waals surface area contributed by atoms with Crippen molar-refractivity contribution >= 4 is 11.6 Å². The van der Waals surface area contributed by atoms with Crippen LogP contribution in [0.15, 0.2) is 12.1 Å². The van der Waals surface area contributed by atoms with E-state index in [-0.39, 0.29) is 17.0 Å². The Kier molecular flexibility index (Phi) is 3.28. The minimum atomic E-state index is -0.711. The second-order valence-electron chi connectivity index (χ2n) is 2.77. The number of nitriles is 1. The molecule has 1 rings (SSSR count). The van der Waals surface area contributed by atoms with E-state index in [0.717, 1.165) is 6.07 Å². The van der Waals surface area contributed by atoms with Crippen molar-refractivity contribution in [2.45, 2.75) is 12.5 Å². The van der Waals surface area contributed by atoms with Crippen LogP contribution in [0.1, 0.15) is 18.0 Å². The third-order valence-electron chi connectivity index (χ3n) is 1.81. The van der Waals surface area contributed by atoms with Gasteiger partial charge in [0.25, 0.3) is 0 Å². The molecule has 1 aromatic carbocycles. The van der Waals surface area contributed by atoms with Crippen LogP contribution in [0.4, 0.5) is 4.39 Å². The van der Waals surface area contributed by atoms with Crippen LogP contribution in [0.3, 0.4) is 0 Å². The van der Waals surface area contributed by atoms with Crippen molar-refractivity contribution in [3.8, 4) is 11.8 Å². The van der Waals surface area contributed by atoms with E-state index in [9.17, 15) is 9.50 Å². The summed E-state index contributed by atoms with van der Waals surface area (Å²) in [6.07, 6.45) is 0.0372. The smallest absolute Gasteiger partial charge is 0.145 e. The van der Waals surface area contributed by atoms with E-state index in [2.05, 4.69) is 0 Å². The third kappa shape index (κ3) is 1.95. The molecule has 0 aromatic heterocycles. The summed E-state index contributed by atoms with van der Waals surface area (Å²) in [5.74, 6) is -1.11. The quantitative estimate of drug-likeness (QED) is 0.792. The zero-order chi connectivity index (χ0) is 10.7. The van der Waals surface area contributed by atoms with E-state index < -0.39 is 17.6 Å². The number of nitrogens with two attached hydrogens (primary N) is 1. The summed E-state index contributed by atoms with van der Waals surface area (Å²) in [4.78, 5) is 0. The van der Waals surface area contributed by atoms with Crippen molar-refractivity contribution in [2.75, 3.05) is 0 Å². The van der Waals surface area contributed by atoms with Crippen molar-refractivity contribution in [1.29, 1.82) is 5.26 Å². The first kappa shape index (κ1) is 10.8. The Labute approximate surface area is 85.5 Å². The molecule has 0 fully saturated rings. The van der Waals surface area contributed by atoms with Crippen LogP contribution in [-0.2, 0) is 0 Å². The van der Waals surface area contributed by atoms with Crippen LogP contribution in [-0.4, -0.2) is 5.11 Å². The van der Waals surface area contributed by atoms with Gasteiger partial charge in [0, 0.05) is 11.6 Å². The second kappa shape index (κ2) is 4.27. The molecule has 0 saturated heterocycles. The fourth-order valence-electron chi connectivity index (χ4n) is 1.06. The normalized spacial score (nSPS) is 12.1. The summed E-state index contributed by atoms with van der Waals surface area (Å²) in [7, 11) is 0. The number of benzene rings is 1. The molecule has 0 spiro atoms. The Morgan fingerprint density at radius 1 is 1.64 bits per heavy atom. The predicted molar refractivity (Wildman–Crippen MR) is 50.2 cm³/mol. The number of rotatable bonds is 2. The van der Waals surface area contributed by atoms with Gasteiger partial charge in [0.2, 0.25) is 0 Å². The number of halogens is 2. The molecule has 5 heteroatoms. The van der Waals surface area contributed by atoms with Crippen LogP contribution in [0.5, 0.6) is 5.75 Å². The molecular formula is C9H8ClFN2O. The lowest BCUT2D eigenvalue weighted by Crippen LogP contribution is -2.09. The SMILES string of the molecule is N#CC[C@H](N)c1ccc(F)c(Cl)c1O. The summed E-state index contributed by atoms with van der Waals surface area (Å²) in [6, 6.07) is 3.62. The molecule has 3 N–H and O–H groups in total. The van der Waals surface area contributed by atoms with Crippen molar-refractivity contribution in [2.24, 2.45) is 5.73 Å². The molecule has 0 heterocycles. The van der Waals surface area contributed by atoms with Gasteiger partial charge in [0.05, 0.1) is 12.5 Å². The zero-order valence-corrected chi connectivity index (χ0v) is 7.92. The van der Waals surface area contributed by atoms with Gasteiger partial charge in [-0.2, -0.15) is 5.26 Å². The first-order valence-corrected chi connectivity index (χ1v) is 4.25. The van der Waals surface area contributed by atoms with Crippen molar-refractivity contribution < 1.29 is 9.50 Å². The Morgan fingerprint density at radius 3 is 2.86 bits per heavy atom. The molecule has 1 atom stereocenters. The van der Waals surface area contributed by atoms with Crippen LogP contribution >= 0.6 is 11.6 Å². The lowest BCUT2D eigenvalue weighted by molar-refractivity contribution is 0.456. The van der Waals surface area contributed by atoms with Gasteiger partial charge in [-0.25, -0.2) is 4.39 Å². The third-order valence-corrected chi connectivity index (χ3v) is 2.17. The van der Waals surface area contributed by atoms with Gasteiger partial charge in [0.1, 0.15) is 16.6 Å². The Morgan fingerprint density at radius 2 is 2.29 bits per heavy atom. The summed E-state index contributed by atoms with van der Waals surface area (Å²) >= 11 is 5.46. The largest absolute Gasteiger partial charge is 0.506 e. The minimum absolute atomic E-state index is 0.0372. The number of hydrogen-bond acceptors (Lipinski definition) is 3. The summed E-state index contributed by atoms with van der Waals surface area (Å²) in [6.45, 7) is 0. The van der Waals surface area contributed by atoms with E-state index >= 15 is 0 Å². The lowest BCUT2D eigenvalue weighted by atomic mass is 10.0. The first-order chi connectivity index (χ1) is 6.57. The first-order valence-electron chi connectivity index (χ1n) is 3.87. The Balaban J connectivity index is 3.12. The van der Waals surface area contributed by atoms with Crippen LogP contribution in [0, 0.1) is 17.1 Å². The molecule has 1 aromatic rings. The van der Waals surface area contributed by atoms with Crippen LogP contribution < -0.4 is 5.73 Å². The highest BCUT2D eigenvalue weighted by Gasteiger charge is 2.15. The molecule has 0 aliphatic rings. The molecule has 74 valence electrons. The molecule has 0 radical (unpaired) electrons. The maximum absolute atomic E-state index is 12.8. The van der Waals surface area contributed by atoms with Gasteiger partial charge in [-0.05, 0) is 6.07 Å². The van der Waals surface area contributed by atoms with Gasteiger partial charge in [-0.3, -0.25) is 0 Å². The Hall–Kier alpha value is -1.31. The fraction of sp³-hybridized carbons (Fsp3) is 0.222. The Bertz CT molecular complexity index is 389. The number of nitrogens with zero attached hydrogens (tertiary/aromatic N) is 1.